The van der Waals surface area contributed by atoms with Crippen molar-refractivity contribution < 1.29 is 9.26 Å². The minimum Gasteiger partial charge on any atom is -0.377 e. The van der Waals surface area contributed by atoms with Gasteiger partial charge in [-0.05, 0) is 36.1 Å². The Bertz CT molecular complexity index is 917. The van der Waals surface area contributed by atoms with Crippen molar-refractivity contribution in [2.45, 2.75) is 44.4 Å². The molecule has 0 aliphatic carbocycles. The van der Waals surface area contributed by atoms with Crippen molar-refractivity contribution in [1.29, 1.82) is 0 Å². The SMILES string of the molecule is Cc1noc([C@H]2C[C@H]3OCC[C@H]3N(Cc3cccc4ccccc34)C2)n1. The number of fused-ring (bicyclic) bond motifs is 2. The Kier molecular flexibility index (Phi) is 3.98. The second kappa shape index (κ2) is 6.49. The number of aryl methyl sites for hydroxylation is 1. The lowest BCUT2D eigenvalue weighted by atomic mass is 9.89. The first-order valence-corrected chi connectivity index (χ1v) is 9.40. The molecule has 0 saturated carbocycles. The van der Waals surface area contributed by atoms with Crippen LogP contribution < -0.4 is 0 Å². The lowest BCUT2D eigenvalue weighted by Crippen LogP contribution is -2.48. The molecule has 3 heterocycles. The lowest BCUT2D eigenvalue weighted by molar-refractivity contribution is 0.00863. The molecule has 26 heavy (non-hydrogen) atoms. The van der Waals surface area contributed by atoms with E-state index >= 15 is 0 Å². The zero-order chi connectivity index (χ0) is 17.5. The van der Waals surface area contributed by atoms with E-state index in [0.29, 0.717) is 11.9 Å². The lowest BCUT2D eigenvalue weighted by Gasteiger charge is -2.39. The van der Waals surface area contributed by atoms with Gasteiger partial charge in [-0.3, -0.25) is 4.90 Å². The van der Waals surface area contributed by atoms with Gasteiger partial charge in [0.1, 0.15) is 0 Å². The van der Waals surface area contributed by atoms with Crippen molar-refractivity contribution in [3.05, 3.63) is 59.7 Å². The maximum absolute atomic E-state index is 6.04. The first-order valence-electron chi connectivity index (χ1n) is 9.40. The van der Waals surface area contributed by atoms with Crippen LogP contribution in [0.25, 0.3) is 10.8 Å². The predicted octanol–water partition coefficient (Wildman–Crippen LogP) is 3.68. The number of hydrogen-bond acceptors (Lipinski definition) is 5. The number of likely N-dealkylation sites (tertiary alicyclic amines) is 1. The van der Waals surface area contributed by atoms with Crippen LogP contribution in [0.15, 0.2) is 47.0 Å². The highest BCUT2D eigenvalue weighted by Gasteiger charge is 2.42. The van der Waals surface area contributed by atoms with E-state index in [2.05, 4.69) is 57.5 Å². The van der Waals surface area contributed by atoms with Gasteiger partial charge in [0, 0.05) is 25.7 Å². The topological polar surface area (TPSA) is 51.4 Å². The van der Waals surface area contributed by atoms with Gasteiger partial charge in [-0.15, -0.1) is 0 Å². The molecule has 0 radical (unpaired) electrons. The van der Waals surface area contributed by atoms with Crippen molar-refractivity contribution in [1.82, 2.24) is 15.0 Å². The summed E-state index contributed by atoms with van der Waals surface area (Å²) in [6.07, 6.45) is 2.33. The number of benzene rings is 2. The molecule has 0 unspecified atom stereocenters. The van der Waals surface area contributed by atoms with Crippen molar-refractivity contribution in [3.63, 3.8) is 0 Å². The van der Waals surface area contributed by atoms with Crippen LogP contribution in [0, 0.1) is 6.92 Å². The van der Waals surface area contributed by atoms with Gasteiger partial charge in [0.15, 0.2) is 5.82 Å². The highest BCUT2D eigenvalue weighted by Crippen LogP contribution is 2.37. The van der Waals surface area contributed by atoms with Gasteiger partial charge in [0.05, 0.1) is 12.0 Å². The van der Waals surface area contributed by atoms with Crippen LogP contribution in [0.5, 0.6) is 0 Å². The first-order chi connectivity index (χ1) is 12.8. The summed E-state index contributed by atoms with van der Waals surface area (Å²) < 4.78 is 11.5. The summed E-state index contributed by atoms with van der Waals surface area (Å²) in [6, 6.07) is 15.7. The molecule has 2 aliphatic heterocycles. The van der Waals surface area contributed by atoms with E-state index in [0.717, 1.165) is 38.4 Å². The molecule has 0 bridgehead atoms. The largest absolute Gasteiger partial charge is 0.377 e. The quantitative estimate of drug-likeness (QED) is 0.722. The molecule has 0 N–H and O–H groups in total. The molecule has 5 rings (SSSR count). The van der Waals surface area contributed by atoms with Crippen LogP contribution in [0.4, 0.5) is 0 Å². The molecule has 2 saturated heterocycles. The third kappa shape index (κ3) is 2.81. The smallest absolute Gasteiger partial charge is 0.231 e. The van der Waals surface area contributed by atoms with Gasteiger partial charge in [-0.1, -0.05) is 47.6 Å². The zero-order valence-electron chi connectivity index (χ0n) is 15.0. The molecule has 3 aromatic rings. The van der Waals surface area contributed by atoms with Gasteiger partial charge >= 0.3 is 0 Å². The first kappa shape index (κ1) is 16.0. The molecule has 3 atom stereocenters. The Balaban J connectivity index is 1.45. The molecular weight excluding hydrogens is 326 g/mol. The Labute approximate surface area is 153 Å². The van der Waals surface area contributed by atoms with Gasteiger partial charge in [0.25, 0.3) is 0 Å². The molecule has 2 aromatic carbocycles. The van der Waals surface area contributed by atoms with E-state index in [1.54, 1.807) is 0 Å². The van der Waals surface area contributed by atoms with Crippen molar-refractivity contribution in [3.8, 4) is 0 Å². The maximum Gasteiger partial charge on any atom is 0.231 e. The summed E-state index contributed by atoms with van der Waals surface area (Å²) in [5, 5.41) is 6.61. The Hall–Kier alpha value is -2.24. The predicted molar refractivity (Wildman–Crippen MR) is 98.9 cm³/mol. The second-order valence-electron chi connectivity index (χ2n) is 7.45. The van der Waals surface area contributed by atoms with E-state index in [1.807, 2.05) is 6.92 Å². The number of nitrogens with zero attached hydrogens (tertiary/aromatic N) is 3. The standard InChI is InChI=1S/C21H23N3O2/c1-14-22-21(26-23-14)17-11-20-19(9-10-25-20)24(13-17)12-16-7-4-6-15-5-2-3-8-18(15)16/h2-8,17,19-20H,9-13H2,1H3/t17-,19+,20+/m0/s1. The summed E-state index contributed by atoms with van der Waals surface area (Å²) in [4.78, 5) is 7.04. The molecule has 0 amide bonds. The van der Waals surface area contributed by atoms with Gasteiger partial charge in [-0.25, -0.2) is 0 Å². The third-order valence-corrected chi connectivity index (χ3v) is 5.76. The summed E-state index contributed by atoms with van der Waals surface area (Å²) in [5.74, 6) is 1.69. The highest BCUT2D eigenvalue weighted by atomic mass is 16.5. The molecule has 5 heteroatoms. The average Bonchev–Trinajstić information content (AvgIpc) is 3.31. The van der Waals surface area contributed by atoms with Gasteiger partial charge in [0.2, 0.25) is 5.89 Å². The summed E-state index contributed by atoms with van der Waals surface area (Å²) in [5.41, 5.74) is 1.37. The molecule has 5 nitrogen and oxygen atoms in total. The van der Waals surface area contributed by atoms with Crippen LogP contribution >= 0.6 is 0 Å². The number of aromatic nitrogens is 2. The maximum atomic E-state index is 6.04. The second-order valence-corrected chi connectivity index (χ2v) is 7.45. The number of hydrogen-bond donors (Lipinski definition) is 0. The molecule has 2 aliphatic rings. The average molecular weight is 349 g/mol. The van der Waals surface area contributed by atoms with E-state index in [-0.39, 0.29) is 12.0 Å². The molecule has 1 aromatic heterocycles. The minimum absolute atomic E-state index is 0.241. The zero-order valence-corrected chi connectivity index (χ0v) is 15.0. The van der Waals surface area contributed by atoms with Crippen LogP contribution in [0.2, 0.25) is 0 Å². The third-order valence-electron chi connectivity index (χ3n) is 5.76. The highest BCUT2D eigenvalue weighted by molar-refractivity contribution is 5.85. The van der Waals surface area contributed by atoms with E-state index in [1.165, 1.54) is 16.3 Å². The fourth-order valence-electron chi connectivity index (χ4n) is 4.54. The van der Waals surface area contributed by atoms with Crippen molar-refractivity contribution in [2.75, 3.05) is 13.2 Å². The molecule has 0 spiro atoms. The summed E-state index contributed by atoms with van der Waals surface area (Å²) in [7, 11) is 0. The fraction of sp³-hybridized carbons (Fsp3) is 0.429. The Morgan fingerprint density at radius 2 is 2.04 bits per heavy atom. The Morgan fingerprint density at radius 3 is 2.92 bits per heavy atom. The molecule has 2 fully saturated rings. The molecule has 134 valence electrons. The van der Waals surface area contributed by atoms with Crippen LogP contribution in [0.3, 0.4) is 0 Å². The molecular formula is C21H23N3O2. The van der Waals surface area contributed by atoms with E-state index < -0.39 is 0 Å². The summed E-state index contributed by atoms with van der Waals surface area (Å²) in [6.45, 7) is 4.58. The summed E-state index contributed by atoms with van der Waals surface area (Å²) >= 11 is 0. The van der Waals surface area contributed by atoms with Gasteiger partial charge in [-0.2, -0.15) is 4.98 Å². The normalized spacial score (nSPS) is 26.3. The number of piperidine rings is 1. The van der Waals surface area contributed by atoms with E-state index in [4.69, 9.17) is 9.26 Å². The minimum atomic E-state index is 0.241. The number of ether oxygens (including phenoxy) is 1. The van der Waals surface area contributed by atoms with Crippen LogP contribution in [-0.2, 0) is 11.3 Å². The van der Waals surface area contributed by atoms with Crippen molar-refractivity contribution >= 4 is 10.8 Å². The fourth-order valence-corrected chi connectivity index (χ4v) is 4.54. The van der Waals surface area contributed by atoms with Gasteiger partial charge < -0.3 is 9.26 Å². The number of rotatable bonds is 3. The van der Waals surface area contributed by atoms with Crippen LogP contribution in [-0.4, -0.2) is 40.3 Å². The van der Waals surface area contributed by atoms with E-state index in [9.17, 15) is 0 Å². The van der Waals surface area contributed by atoms with Crippen molar-refractivity contribution in [2.24, 2.45) is 0 Å². The monoisotopic (exact) mass is 349 g/mol. The van der Waals surface area contributed by atoms with Crippen LogP contribution in [0.1, 0.15) is 36.0 Å². The Morgan fingerprint density at radius 1 is 1.15 bits per heavy atom.